The van der Waals surface area contributed by atoms with E-state index in [1.165, 1.54) is 0 Å². The van der Waals surface area contributed by atoms with E-state index in [0.29, 0.717) is 19.3 Å². The summed E-state index contributed by atoms with van der Waals surface area (Å²) in [6.07, 6.45) is 7.17. The molecule has 0 amide bonds. The van der Waals surface area contributed by atoms with Crippen molar-refractivity contribution < 1.29 is 19.1 Å². The van der Waals surface area contributed by atoms with Gasteiger partial charge < -0.3 is 14.3 Å². The van der Waals surface area contributed by atoms with Crippen molar-refractivity contribution in [2.75, 3.05) is 0 Å². The molecule has 0 aromatic carbocycles. The van der Waals surface area contributed by atoms with Crippen LogP contribution in [0.4, 0.5) is 0 Å². The van der Waals surface area contributed by atoms with Crippen molar-refractivity contribution in [3.05, 3.63) is 12.2 Å². The molecular weight excluding hydrogens is 308 g/mol. The first-order chi connectivity index (χ1) is 10.6. The van der Waals surface area contributed by atoms with Crippen molar-refractivity contribution in [2.45, 2.75) is 89.3 Å². The molecule has 0 aromatic heterocycles. The minimum absolute atomic E-state index is 0.101. The van der Waals surface area contributed by atoms with E-state index in [2.05, 4.69) is 46.0 Å². The molecule has 23 heavy (non-hydrogen) atoms. The monoisotopic (exact) mass is 340 g/mol. The first-order valence-corrected chi connectivity index (χ1v) is 11.7. The van der Waals surface area contributed by atoms with Crippen LogP contribution in [0.2, 0.25) is 18.1 Å². The van der Waals surface area contributed by atoms with Crippen molar-refractivity contribution in [3.8, 4) is 0 Å². The van der Waals surface area contributed by atoms with E-state index in [1.54, 1.807) is 0 Å². The van der Waals surface area contributed by atoms with Gasteiger partial charge >= 0.3 is 5.97 Å². The van der Waals surface area contributed by atoms with Gasteiger partial charge in [0.15, 0.2) is 8.32 Å². The Balaban J connectivity index is 2.06. The van der Waals surface area contributed by atoms with Crippen LogP contribution in [0.3, 0.4) is 0 Å². The average molecular weight is 341 g/mol. The van der Waals surface area contributed by atoms with Crippen molar-refractivity contribution in [1.29, 1.82) is 0 Å². The predicted molar refractivity (Wildman–Crippen MR) is 93.7 cm³/mol. The molecule has 1 fully saturated rings. The average Bonchev–Trinajstić information content (AvgIpc) is 2.74. The Bertz CT molecular complexity index is 452. The third-order valence-corrected chi connectivity index (χ3v) is 10.1. The first-order valence-electron chi connectivity index (χ1n) is 8.80. The maximum absolute atomic E-state index is 11.5. The third kappa shape index (κ3) is 4.91. The molecule has 2 aliphatic rings. The molecule has 1 aliphatic carbocycles. The van der Waals surface area contributed by atoms with Gasteiger partial charge in [0, 0.05) is 18.4 Å². The molecular formula is C18H32O4Si. The van der Waals surface area contributed by atoms with Crippen molar-refractivity contribution in [1.82, 2.24) is 0 Å². The summed E-state index contributed by atoms with van der Waals surface area (Å²) in [5.41, 5.74) is 0. The normalized spacial score (nSPS) is 34.6. The molecule has 1 N–H and O–H groups in total. The van der Waals surface area contributed by atoms with Crippen LogP contribution in [0.5, 0.6) is 0 Å². The summed E-state index contributed by atoms with van der Waals surface area (Å²) in [6, 6.07) is 0. The SMILES string of the molecule is CC(C)(C)[Si](C)(C)O[C@H]1C/C=C\[C@@H]2CC(=O)O[C@@H]2C[C@@H](O)CC1. The molecule has 4 nitrogen and oxygen atoms in total. The van der Waals surface area contributed by atoms with Crippen molar-refractivity contribution >= 4 is 14.3 Å². The quantitative estimate of drug-likeness (QED) is 0.472. The number of esters is 1. The molecule has 0 bridgehead atoms. The molecule has 1 heterocycles. The standard InChI is InChI=1S/C18H32O4Si/c1-18(2,3)23(4,5)22-15-8-6-7-13-11-17(20)21-16(13)12-14(19)9-10-15/h6-7,13-16,19H,8-12H2,1-5H3/b7-6-/t13-,14+,15+,16-/m1/s1. The highest BCUT2D eigenvalue weighted by molar-refractivity contribution is 6.74. The van der Waals surface area contributed by atoms with E-state index in [0.717, 1.165) is 12.8 Å². The van der Waals surface area contributed by atoms with Crippen molar-refractivity contribution in [3.63, 3.8) is 0 Å². The molecule has 0 radical (unpaired) electrons. The number of rotatable bonds is 2. The van der Waals surface area contributed by atoms with Gasteiger partial charge in [0.2, 0.25) is 0 Å². The van der Waals surface area contributed by atoms with Gasteiger partial charge in [-0.25, -0.2) is 0 Å². The fraction of sp³-hybridized carbons (Fsp3) is 0.833. The predicted octanol–water partition coefficient (Wildman–Crippen LogP) is 3.80. The summed E-state index contributed by atoms with van der Waals surface area (Å²) >= 11 is 0. The van der Waals surface area contributed by atoms with Crippen LogP contribution in [0.25, 0.3) is 0 Å². The second kappa shape index (κ2) is 7.07. The first kappa shape index (κ1) is 18.7. The number of carbonyl (C=O) groups is 1. The van der Waals surface area contributed by atoms with Gasteiger partial charge in [-0.05, 0) is 37.4 Å². The molecule has 1 aliphatic heterocycles. The number of aliphatic hydroxyl groups is 1. The Kier molecular flexibility index (Phi) is 5.75. The highest BCUT2D eigenvalue weighted by atomic mass is 28.4. The third-order valence-electron chi connectivity index (χ3n) is 5.54. The summed E-state index contributed by atoms with van der Waals surface area (Å²) in [5, 5.41) is 10.5. The molecule has 0 unspecified atom stereocenters. The fourth-order valence-corrected chi connectivity index (χ4v) is 4.43. The molecule has 0 saturated carbocycles. The van der Waals surface area contributed by atoms with E-state index in [-0.39, 0.29) is 29.1 Å². The van der Waals surface area contributed by atoms with Gasteiger partial charge in [0.05, 0.1) is 12.5 Å². The summed E-state index contributed by atoms with van der Waals surface area (Å²) in [5.74, 6) is -0.0473. The van der Waals surface area contributed by atoms with Crippen LogP contribution < -0.4 is 0 Å². The Morgan fingerprint density at radius 2 is 2.00 bits per heavy atom. The Labute approximate surface area is 141 Å². The van der Waals surface area contributed by atoms with E-state index < -0.39 is 14.4 Å². The number of hydrogen-bond donors (Lipinski definition) is 1. The number of ether oxygens (including phenoxy) is 1. The summed E-state index contributed by atoms with van der Waals surface area (Å²) < 4.78 is 11.9. The Morgan fingerprint density at radius 3 is 2.65 bits per heavy atom. The minimum Gasteiger partial charge on any atom is -0.462 e. The Hall–Kier alpha value is -0.653. The zero-order valence-corrected chi connectivity index (χ0v) is 16.2. The minimum atomic E-state index is -1.81. The van der Waals surface area contributed by atoms with Gasteiger partial charge in [0.25, 0.3) is 0 Å². The molecule has 132 valence electrons. The van der Waals surface area contributed by atoms with Gasteiger partial charge in [-0.1, -0.05) is 32.9 Å². The highest BCUT2D eigenvalue weighted by Crippen LogP contribution is 2.38. The Morgan fingerprint density at radius 1 is 1.30 bits per heavy atom. The summed E-state index contributed by atoms with van der Waals surface area (Å²) in [7, 11) is -1.81. The zero-order chi connectivity index (χ0) is 17.3. The topological polar surface area (TPSA) is 55.8 Å². The van der Waals surface area contributed by atoms with Gasteiger partial charge in [-0.15, -0.1) is 0 Å². The van der Waals surface area contributed by atoms with Gasteiger partial charge in [-0.2, -0.15) is 0 Å². The maximum Gasteiger partial charge on any atom is 0.306 e. The lowest BCUT2D eigenvalue weighted by atomic mass is 9.92. The number of carbonyl (C=O) groups excluding carboxylic acids is 1. The molecule has 2 rings (SSSR count). The van der Waals surface area contributed by atoms with E-state index >= 15 is 0 Å². The van der Waals surface area contributed by atoms with Crippen LogP contribution >= 0.6 is 0 Å². The zero-order valence-electron chi connectivity index (χ0n) is 15.2. The lowest BCUT2D eigenvalue weighted by Crippen LogP contribution is -2.44. The van der Waals surface area contributed by atoms with Gasteiger partial charge in [-0.3, -0.25) is 4.79 Å². The molecule has 0 aromatic rings. The van der Waals surface area contributed by atoms with E-state index in [4.69, 9.17) is 9.16 Å². The maximum atomic E-state index is 11.5. The molecule has 1 saturated heterocycles. The second-order valence-corrected chi connectivity index (χ2v) is 13.3. The van der Waals surface area contributed by atoms with Crippen molar-refractivity contribution in [2.24, 2.45) is 5.92 Å². The largest absolute Gasteiger partial charge is 0.462 e. The number of hydrogen-bond acceptors (Lipinski definition) is 4. The van der Waals surface area contributed by atoms with Crippen LogP contribution in [0, 0.1) is 5.92 Å². The number of fused-ring (bicyclic) bond motifs is 1. The molecule has 4 atom stereocenters. The lowest BCUT2D eigenvalue weighted by Gasteiger charge is -2.39. The van der Waals surface area contributed by atoms with Crippen LogP contribution in [-0.2, 0) is 14.0 Å². The fourth-order valence-electron chi connectivity index (χ4n) is 3.03. The van der Waals surface area contributed by atoms with E-state index in [1.807, 2.05) is 0 Å². The van der Waals surface area contributed by atoms with Crippen LogP contribution in [-0.4, -0.2) is 37.7 Å². The lowest BCUT2D eigenvalue weighted by molar-refractivity contribution is -0.142. The van der Waals surface area contributed by atoms with Gasteiger partial charge in [0.1, 0.15) is 6.10 Å². The molecule has 0 spiro atoms. The van der Waals surface area contributed by atoms with E-state index in [9.17, 15) is 9.90 Å². The molecule has 5 heteroatoms. The highest BCUT2D eigenvalue weighted by Gasteiger charge is 2.39. The summed E-state index contributed by atoms with van der Waals surface area (Å²) in [4.78, 5) is 11.5. The second-order valence-electron chi connectivity index (χ2n) is 8.53. The van der Waals surface area contributed by atoms with Crippen LogP contribution in [0.15, 0.2) is 12.2 Å². The smallest absolute Gasteiger partial charge is 0.306 e. The number of aliphatic hydroxyl groups excluding tert-OH is 1. The summed E-state index contributed by atoms with van der Waals surface area (Å²) in [6.45, 7) is 11.3. The van der Waals surface area contributed by atoms with Crippen LogP contribution in [0.1, 0.15) is 52.9 Å².